The molecule has 0 unspecified atom stereocenters. The molecule has 90 valence electrons. The Labute approximate surface area is 102 Å². The van der Waals surface area contributed by atoms with E-state index in [9.17, 15) is 14.4 Å². The van der Waals surface area contributed by atoms with Crippen molar-refractivity contribution in [3.05, 3.63) is 34.9 Å². The zero-order valence-electron chi connectivity index (χ0n) is 9.15. The van der Waals surface area contributed by atoms with Gasteiger partial charge in [-0.15, -0.1) is 0 Å². The lowest BCUT2D eigenvalue weighted by atomic mass is 10.1. The van der Waals surface area contributed by atoms with E-state index in [1.807, 2.05) is 0 Å². The number of halogens is 1. The highest BCUT2D eigenvalue weighted by molar-refractivity contribution is 6.67. The van der Waals surface area contributed by atoms with Crippen molar-refractivity contribution < 1.29 is 23.9 Å². The monoisotopic (exact) mass is 256 g/mol. The van der Waals surface area contributed by atoms with Gasteiger partial charge in [-0.3, -0.25) is 4.79 Å². The van der Waals surface area contributed by atoms with Crippen molar-refractivity contribution in [1.29, 1.82) is 0 Å². The number of carbonyl (C=O) groups is 3. The molecule has 0 aromatic heterocycles. The zero-order chi connectivity index (χ0) is 13.0. The van der Waals surface area contributed by atoms with Gasteiger partial charge in [0.25, 0.3) is 5.24 Å². The van der Waals surface area contributed by atoms with Crippen molar-refractivity contribution in [3.8, 4) is 0 Å². The fourth-order valence-corrected chi connectivity index (χ4v) is 1.32. The summed E-state index contributed by atoms with van der Waals surface area (Å²) in [6.07, 6.45) is 0. The normalized spacial score (nSPS) is 9.59. The summed E-state index contributed by atoms with van der Waals surface area (Å²) in [7, 11) is 2.38. The van der Waals surface area contributed by atoms with Gasteiger partial charge in [-0.1, -0.05) is 0 Å². The summed E-state index contributed by atoms with van der Waals surface area (Å²) >= 11 is 5.30. The summed E-state index contributed by atoms with van der Waals surface area (Å²) in [6, 6.07) is 3.75. The van der Waals surface area contributed by atoms with Gasteiger partial charge < -0.3 is 9.47 Å². The number of hydrogen-bond donors (Lipinski definition) is 0. The van der Waals surface area contributed by atoms with Crippen LogP contribution in [-0.4, -0.2) is 31.4 Å². The SMILES string of the molecule is COC(=O)c1cc(C(=O)Cl)cc(C(=O)OC)c1. The topological polar surface area (TPSA) is 69.7 Å². The minimum atomic E-state index is -0.777. The molecule has 0 saturated carbocycles. The van der Waals surface area contributed by atoms with E-state index in [2.05, 4.69) is 9.47 Å². The molecular formula is C11H9ClO5. The molecule has 0 radical (unpaired) electrons. The van der Waals surface area contributed by atoms with Gasteiger partial charge in [0.15, 0.2) is 0 Å². The number of benzene rings is 1. The van der Waals surface area contributed by atoms with E-state index < -0.39 is 17.2 Å². The van der Waals surface area contributed by atoms with Crippen LogP contribution in [0.3, 0.4) is 0 Å². The summed E-state index contributed by atoms with van der Waals surface area (Å²) in [5.41, 5.74) is 0.133. The number of ether oxygens (including phenoxy) is 2. The predicted molar refractivity (Wildman–Crippen MR) is 59.3 cm³/mol. The molecule has 0 saturated heterocycles. The second kappa shape index (κ2) is 5.45. The second-order valence-corrected chi connectivity index (χ2v) is 3.40. The van der Waals surface area contributed by atoms with Gasteiger partial charge in [0, 0.05) is 5.56 Å². The van der Waals surface area contributed by atoms with E-state index in [1.54, 1.807) is 0 Å². The number of esters is 2. The van der Waals surface area contributed by atoms with E-state index in [0.29, 0.717) is 0 Å². The van der Waals surface area contributed by atoms with Gasteiger partial charge in [-0.2, -0.15) is 0 Å². The third-order valence-corrected chi connectivity index (χ3v) is 2.22. The Hall–Kier alpha value is -1.88. The summed E-state index contributed by atoms with van der Waals surface area (Å²) in [4.78, 5) is 33.7. The smallest absolute Gasteiger partial charge is 0.337 e. The molecule has 0 heterocycles. The van der Waals surface area contributed by atoms with Crippen molar-refractivity contribution >= 4 is 28.8 Å². The summed E-state index contributed by atoms with van der Waals surface area (Å²) in [5.74, 6) is -1.34. The van der Waals surface area contributed by atoms with Crippen LogP contribution in [0.2, 0.25) is 0 Å². The lowest BCUT2D eigenvalue weighted by Gasteiger charge is -2.05. The average molecular weight is 257 g/mol. The Kier molecular flexibility index (Phi) is 4.23. The quantitative estimate of drug-likeness (QED) is 0.607. The molecular weight excluding hydrogens is 248 g/mol. The van der Waals surface area contributed by atoms with Gasteiger partial charge in [-0.25, -0.2) is 9.59 Å². The average Bonchev–Trinajstić information content (AvgIpc) is 2.36. The number of carbonyl (C=O) groups excluding carboxylic acids is 3. The van der Waals surface area contributed by atoms with Gasteiger partial charge >= 0.3 is 11.9 Å². The van der Waals surface area contributed by atoms with Crippen LogP contribution in [0.15, 0.2) is 18.2 Å². The Morgan fingerprint density at radius 2 is 1.24 bits per heavy atom. The first-order valence-corrected chi connectivity index (χ1v) is 4.89. The third kappa shape index (κ3) is 3.04. The van der Waals surface area contributed by atoms with E-state index in [1.165, 1.54) is 32.4 Å². The Bertz CT molecular complexity index is 447. The van der Waals surface area contributed by atoms with Crippen molar-refractivity contribution in [2.75, 3.05) is 14.2 Å². The maximum absolute atomic E-state index is 11.3. The van der Waals surface area contributed by atoms with Gasteiger partial charge in [0.05, 0.1) is 25.3 Å². The number of hydrogen-bond acceptors (Lipinski definition) is 5. The van der Waals surface area contributed by atoms with Crippen LogP contribution < -0.4 is 0 Å². The zero-order valence-corrected chi connectivity index (χ0v) is 9.91. The molecule has 0 amide bonds. The van der Waals surface area contributed by atoms with E-state index in [4.69, 9.17) is 11.6 Å². The number of rotatable bonds is 3. The molecule has 0 aliphatic carbocycles. The Balaban J connectivity index is 3.33. The van der Waals surface area contributed by atoms with Crippen LogP contribution in [0.5, 0.6) is 0 Å². The molecule has 0 fully saturated rings. The molecule has 6 heteroatoms. The van der Waals surface area contributed by atoms with Crippen molar-refractivity contribution in [3.63, 3.8) is 0 Å². The standard InChI is InChI=1S/C11H9ClO5/c1-16-10(14)7-3-6(9(12)13)4-8(5-7)11(15)17-2/h3-5H,1-2H3. The molecule has 17 heavy (non-hydrogen) atoms. The molecule has 1 aromatic rings. The number of methoxy groups -OCH3 is 2. The molecule has 0 N–H and O–H groups in total. The highest BCUT2D eigenvalue weighted by Gasteiger charge is 2.15. The van der Waals surface area contributed by atoms with Crippen LogP contribution in [-0.2, 0) is 9.47 Å². The molecule has 0 aliphatic rings. The van der Waals surface area contributed by atoms with Gasteiger partial charge in [0.2, 0.25) is 0 Å². The fourth-order valence-electron chi connectivity index (χ4n) is 1.21. The first-order valence-electron chi connectivity index (χ1n) is 4.51. The van der Waals surface area contributed by atoms with Crippen LogP contribution in [0, 0.1) is 0 Å². The van der Waals surface area contributed by atoms with Crippen molar-refractivity contribution in [2.24, 2.45) is 0 Å². The molecule has 0 spiro atoms. The predicted octanol–water partition coefficient (Wildman–Crippen LogP) is 1.64. The lowest BCUT2D eigenvalue weighted by molar-refractivity contribution is 0.0599. The van der Waals surface area contributed by atoms with Crippen LogP contribution in [0.25, 0.3) is 0 Å². The Morgan fingerprint density at radius 3 is 1.53 bits per heavy atom. The molecule has 0 atom stereocenters. The molecule has 1 aromatic carbocycles. The largest absolute Gasteiger partial charge is 0.465 e. The Morgan fingerprint density at radius 1 is 0.882 bits per heavy atom. The van der Waals surface area contributed by atoms with E-state index in [0.717, 1.165) is 0 Å². The maximum atomic E-state index is 11.3. The summed E-state index contributed by atoms with van der Waals surface area (Å²) < 4.78 is 8.99. The second-order valence-electron chi connectivity index (χ2n) is 3.06. The molecule has 0 aliphatic heterocycles. The van der Waals surface area contributed by atoms with Crippen LogP contribution in [0.4, 0.5) is 0 Å². The molecule has 1 rings (SSSR count). The van der Waals surface area contributed by atoms with Crippen LogP contribution >= 0.6 is 11.6 Å². The highest BCUT2D eigenvalue weighted by atomic mass is 35.5. The molecule has 5 nitrogen and oxygen atoms in total. The van der Waals surface area contributed by atoms with Crippen molar-refractivity contribution in [1.82, 2.24) is 0 Å². The van der Waals surface area contributed by atoms with E-state index in [-0.39, 0.29) is 16.7 Å². The summed E-state index contributed by atoms with van der Waals surface area (Å²) in [6.45, 7) is 0. The van der Waals surface area contributed by atoms with E-state index >= 15 is 0 Å². The first-order chi connectivity index (χ1) is 7.99. The maximum Gasteiger partial charge on any atom is 0.337 e. The third-order valence-electron chi connectivity index (χ3n) is 2.00. The summed E-state index contributed by atoms with van der Waals surface area (Å²) in [5, 5.41) is -0.777. The minimum absolute atomic E-state index is 0.0231. The highest BCUT2D eigenvalue weighted by Crippen LogP contribution is 2.14. The van der Waals surface area contributed by atoms with Crippen LogP contribution in [0.1, 0.15) is 31.1 Å². The van der Waals surface area contributed by atoms with Gasteiger partial charge in [0.1, 0.15) is 0 Å². The fraction of sp³-hybridized carbons (Fsp3) is 0.182. The lowest BCUT2D eigenvalue weighted by Crippen LogP contribution is -2.08. The molecule has 0 bridgehead atoms. The van der Waals surface area contributed by atoms with Crippen molar-refractivity contribution in [2.45, 2.75) is 0 Å². The van der Waals surface area contributed by atoms with Gasteiger partial charge in [-0.05, 0) is 29.8 Å². The first kappa shape index (κ1) is 13.2. The minimum Gasteiger partial charge on any atom is -0.465 e.